The summed E-state index contributed by atoms with van der Waals surface area (Å²) in [6.45, 7) is 0. The maximum absolute atomic E-state index is 6.31. The van der Waals surface area contributed by atoms with Gasteiger partial charge in [-0.05, 0) is 29.6 Å². The van der Waals surface area contributed by atoms with Crippen molar-refractivity contribution < 1.29 is 0 Å². The van der Waals surface area contributed by atoms with Crippen LogP contribution in [0.2, 0.25) is 0 Å². The minimum Gasteiger partial charge on any atom is -0.322 e. The predicted octanol–water partition coefficient (Wildman–Crippen LogP) is 3.18. The summed E-state index contributed by atoms with van der Waals surface area (Å²) in [6.07, 6.45) is 2.65. The zero-order chi connectivity index (χ0) is 13.1. The molecule has 1 unspecified atom stereocenters. The molecule has 0 saturated carbocycles. The lowest BCUT2D eigenvalue weighted by Crippen LogP contribution is -2.17. The molecule has 19 heavy (non-hydrogen) atoms. The Balaban J connectivity index is 1.88. The van der Waals surface area contributed by atoms with Gasteiger partial charge in [-0.15, -0.1) is 11.3 Å². The van der Waals surface area contributed by atoms with Gasteiger partial charge in [0.1, 0.15) is 0 Å². The van der Waals surface area contributed by atoms with Crippen LogP contribution in [0.3, 0.4) is 0 Å². The normalized spacial score (nSPS) is 12.5. The highest BCUT2D eigenvalue weighted by atomic mass is 32.1. The van der Waals surface area contributed by atoms with Crippen molar-refractivity contribution in [3.63, 3.8) is 0 Å². The third kappa shape index (κ3) is 2.59. The first-order chi connectivity index (χ1) is 9.34. The Morgan fingerprint density at radius 1 is 1.11 bits per heavy atom. The quantitative estimate of drug-likeness (QED) is 0.790. The molecule has 3 aromatic rings. The number of hydrogen-bond donors (Lipinski definition) is 1. The van der Waals surface area contributed by atoms with Crippen molar-refractivity contribution >= 4 is 11.3 Å². The number of hydrogen-bond acceptors (Lipinski definition) is 3. The smallest absolute Gasteiger partial charge is 0.0649 e. The minimum atomic E-state index is -0.0404. The van der Waals surface area contributed by atoms with E-state index in [1.165, 1.54) is 4.88 Å². The van der Waals surface area contributed by atoms with Crippen LogP contribution in [-0.4, -0.2) is 9.78 Å². The van der Waals surface area contributed by atoms with E-state index in [2.05, 4.69) is 22.6 Å². The van der Waals surface area contributed by atoms with Gasteiger partial charge in [0.25, 0.3) is 0 Å². The van der Waals surface area contributed by atoms with Crippen molar-refractivity contribution in [3.05, 3.63) is 70.7 Å². The largest absolute Gasteiger partial charge is 0.322 e. The molecule has 0 aliphatic heterocycles. The highest BCUT2D eigenvalue weighted by Crippen LogP contribution is 2.21. The van der Waals surface area contributed by atoms with Crippen molar-refractivity contribution in [1.82, 2.24) is 9.78 Å². The van der Waals surface area contributed by atoms with Crippen LogP contribution in [0, 0.1) is 0 Å². The Bertz CT molecular complexity index is 628. The number of nitrogens with two attached hydrogens (primary N) is 1. The highest BCUT2D eigenvalue weighted by molar-refractivity contribution is 7.09. The van der Waals surface area contributed by atoms with Crippen LogP contribution in [0.15, 0.2) is 60.1 Å². The van der Waals surface area contributed by atoms with Gasteiger partial charge in [0.2, 0.25) is 0 Å². The minimum absolute atomic E-state index is 0.0404. The third-order valence-electron chi connectivity index (χ3n) is 3.05. The summed E-state index contributed by atoms with van der Waals surface area (Å²) in [5, 5.41) is 6.46. The zero-order valence-corrected chi connectivity index (χ0v) is 11.3. The molecule has 0 spiro atoms. The molecule has 4 heteroatoms. The van der Waals surface area contributed by atoms with Crippen LogP contribution in [0.1, 0.15) is 16.6 Å². The summed E-state index contributed by atoms with van der Waals surface area (Å²) in [5.41, 5.74) is 8.40. The lowest BCUT2D eigenvalue weighted by molar-refractivity contribution is 0.659. The SMILES string of the molecule is NC(Cc1cccs1)c1ccnn1-c1ccccc1. The molecule has 2 heterocycles. The first-order valence-corrected chi connectivity index (χ1v) is 7.10. The molecule has 2 aromatic heterocycles. The first-order valence-electron chi connectivity index (χ1n) is 6.22. The van der Waals surface area contributed by atoms with E-state index in [1.54, 1.807) is 17.5 Å². The van der Waals surface area contributed by atoms with Gasteiger partial charge in [0, 0.05) is 17.5 Å². The molecule has 3 rings (SSSR count). The molecule has 96 valence electrons. The van der Waals surface area contributed by atoms with Gasteiger partial charge >= 0.3 is 0 Å². The summed E-state index contributed by atoms with van der Waals surface area (Å²) in [4.78, 5) is 1.30. The second-order valence-electron chi connectivity index (χ2n) is 4.39. The number of aromatic nitrogens is 2. The number of benzene rings is 1. The molecule has 1 atom stereocenters. The fourth-order valence-electron chi connectivity index (χ4n) is 2.13. The molecule has 0 radical (unpaired) electrons. The zero-order valence-electron chi connectivity index (χ0n) is 10.4. The van der Waals surface area contributed by atoms with Crippen LogP contribution < -0.4 is 5.73 Å². The maximum Gasteiger partial charge on any atom is 0.0649 e. The standard InChI is InChI=1S/C15H15N3S/c16-14(11-13-7-4-10-19-13)15-8-9-17-18(15)12-5-2-1-3-6-12/h1-10,14H,11,16H2. The van der Waals surface area contributed by atoms with Gasteiger partial charge < -0.3 is 5.73 Å². The second-order valence-corrected chi connectivity index (χ2v) is 5.43. The fourth-order valence-corrected chi connectivity index (χ4v) is 2.89. The van der Waals surface area contributed by atoms with E-state index in [9.17, 15) is 0 Å². The van der Waals surface area contributed by atoms with Crippen LogP contribution in [0.5, 0.6) is 0 Å². The Morgan fingerprint density at radius 2 is 1.95 bits per heavy atom. The number of para-hydroxylation sites is 1. The van der Waals surface area contributed by atoms with E-state index in [4.69, 9.17) is 5.73 Å². The van der Waals surface area contributed by atoms with E-state index in [1.807, 2.05) is 41.1 Å². The molecule has 2 N–H and O–H groups in total. The summed E-state index contributed by atoms with van der Waals surface area (Å²) < 4.78 is 1.91. The molecular formula is C15H15N3S. The summed E-state index contributed by atoms with van der Waals surface area (Å²) in [5.74, 6) is 0. The summed E-state index contributed by atoms with van der Waals surface area (Å²) >= 11 is 1.74. The second kappa shape index (κ2) is 5.38. The number of rotatable bonds is 4. The van der Waals surface area contributed by atoms with Gasteiger partial charge in [-0.25, -0.2) is 4.68 Å². The Morgan fingerprint density at radius 3 is 2.68 bits per heavy atom. The van der Waals surface area contributed by atoms with Crippen molar-refractivity contribution in [2.24, 2.45) is 5.73 Å². The average Bonchev–Trinajstić information content (AvgIpc) is 3.10. The first kappa shape index (κ1) is 12.1. The van der Waals surface area contributed by atoms with Gasteiger partial charge in [-0.2, -0.15) is 5.10 Å². The van der Waals surface area contributed by atoms with Crippen LogP contribution in [-0.2, 0) is 6.42 Å². The Kier molecular flexibility index (Phi) is 3.44. The van der Waals surface area contributed by atoms with Crippen molar-refractivity contribution in [3.8, 4) is 5.69 Å². The molecule has 0 saturated heterocycles. The van der Waals surface area contributed by atoms with E-state index >= 15 is 0 Å². The lowest BCUT2D eigenvalue weighted by Gasteiger charge is -2.13. The van der Waals surface area contributed by atoms with Crippen LogP contribution >= 0.6 is 11.3 Å². The Labute approximate surface area is 116 Å². The molecule has 0 aliphatic carbocycles. The highest BCUT2D eigenvalue weighted by Gasteiger charge is 2.13. The molecule has 0 fully saturated rings. The summed E-state index contributed by atoms with van der Waals surface area (Å²) in [7, 11) is 0. The third-order valence-corrected chi connectivity index (χ3v) is 3.95. The van der Waals surface area contributed by atoms with E-state index in [0.29, 0.717) is 0 Å². The molecule has 0 aliphatic rings. The number of thiophene rings is 1. The number of nitrogens with zero attached hydrogens (tertiary/aromatic N) is 2. The maximum atomic E-state index is 6.31. The van der Waals surface area contributed by atoms with Crippen molar-refractivity contribution in [2.75, 3.05) is 0 Å². The van der Waals surface area contributed by atoms with Crippen molar-refractivity contribution in [2.45, 2.75) is 12.5 Å². The molecule has 0 bridgehead atoms. The van der Waals surface area contributed by atoms with Gasteiger partial charge in [-0.3, -0.25) is 0 Å². The molecular weight excluding hydrogens is 254 g/mol. The topological polar surface area (TPSA) is 43.8 Å². The van der Waals surface area contributed by atoms with E-state index < -0.39 is 0 Å². The van der Waals surface area contributed by atoms with Gasteiger partial charge in [0.15, 0.2) is 0 Å². The lowest BCUT2D eigenvalue weighted by atomic mass is 10.1. The molecule has 1 aromatic carbocycles. The molecule has 0 amide bonds. The van der Waals surface area contributed by atoms with Crippen LogP contribution in [0.25, 0.3) is 5.69 Å². The summed E-state index contributed by atoms with van der Waals surface area (Å²) in [6, 6.07) is 16.2. The van der Waals surface area contributed by atoms with E-state index in [0.717, 1.165) is 17.8 Å². The molecule has 3 nitrogen and oxygen atoms in total. The van der Waals surface area contributed by atoms with E-state index in [-0.39, 0.29) is 6.04 Å². The van der Waals surface area contributed by atoms with Gasteiger partial charge in [0.05, 0.1) is 17.4 Å². The average molecular weight is 269 g/mol. The Hall–Kier alpha value is -1.91. The monoisotopic (exact) mass is 269 g/mol. The van der Waals surface area contributed by atoms with Crippen LogP contribution in [0.4, 0.5) is 0 Å². The van der Waals surface area contributed by atoms with Crippen molar-refractivity contribution in [1.29, 1.82) is 0 Å². The predicted molar refractivity (Wildman–Crippen MR) is 78.5 cm³/mol. The fraction of sp³-hybridized carbons (Fsp3) is 0.133. The van der Waals surface area contributed by atoms with Gasteiger partial charge in [-0.1, -0.05) is 24.3 Å².